The molecule has 0 bridgehead atoms. The van der Waals surface area contributed by atoms with E-state index in [4.69, 9.17) is 28.4 Å². The number of hydrogen-bond donors (Lipinski definition) is 4. The molecule has 2 aliphatic rings. The molecule has 3 aromatic carbocycles. The molecule has 1 fully saturated rings. The minimum Gasteiger partial charge on any atom is -0.463 e. The van der Waals surface area contributed by atoms with Gasteiger partial charge in [-0.15, -0.1) is 0 Å². The number of nitrogens with one attached hydrogen (secondary N) is 4. The molecule has 0 unspecified atom stereocenters. The van der Waals surface area contributed by atoms with Gasteiger partial charge in [0.15, 0.2) is 18.4 Å². The predicted molar refractivity (Wildman–Crippen MR) is 213 cm³/mol. The van der Waals surface area contributed by atoms with Crippen LogP contribution in [0, 0.1) is 0 Å². The van der Waals surface area contributed by atoms with Crippen LogP contribution in [0.4, 0.5) is 4.79 Å². The molecule has 1 saturated heterocycles. The first-order valence-corrected chi connectivity index (χ1v) is 19.4. The van der Waals surface area contributed by atoms with Gasteiger partial charge >= 0.3 is 30.0 Å². The number of benzene rings is 3. The Morgan fingerprint density at radius 3 is 1.84 bits per heavy atom. The van der Waals surface area contributed by atoms with Gasteiger partial charge in [0.2, 0.25) is 17.7 Å². The van der Waals surface area contributed by atoms with Crippen LogP contribution >= 0.6 is 0 Å². The van der Waals surface area contributed by atoms with Crippen molar-refractivity contribution in [1.29, 1.82) is 0 Å². The lowest BCUT2D eigenvalue weighted by Crippen LogP contribution is -2.69. The highest BCUT2D eigenvalue weighted by Crippen LogP contribution is 2.44. The van der Waals surface area contributed by atoms with Crippen LogP contribution in [0.15, 0.2) is 78.9 Å². The Labute approximate surface area is 351 Å². The van der Waals surface area contributed by atoms with Crippen LogP contribution in [0.25, 0.3) is 11.1 Å². The highest BCUT2D eigenvalue weighted by atomic mass is 16.6. The van der Waals surface area contributed by atoms with E-state index in [0.717, 1.165) is 49.9 Å². The molecule has 0 radical (unpaired) electrons. The molecule has 324 valence electrons. The molecule has 0 aromatic heterocycles. The Morgan fingerprint density at radius 2 is 1.25 bits per heavy atom. The van der Waals surface area contributed by atoms with Gasteiger partial charge in [0, 0.05) is 33.6 Å². The molecule has 5 rings (SSSR count). The van der Waals surface area contributed by atoms with Crippen molar-refractivity contribution in [2.24, 2.45) is 0 Å². The van der Waals surface area contributed by atoms with Crippen molar-refractivity contribution in [3.63, 3.8) is 0 Å². The van der Waals surface area contributed by atoms with Gasteiger partial charge in [0.25, 0.3) is 0 Å². The minimum absolute atomic E-state index is 0.0206. The number of rotatable bonds is 16. The lowest BCUT2D eigenvalue weighted by atomic mass is 9.94. The summed E-state index contributed by atoms with van der Waals surface area (Å²) in [6.45, 7) is 5.00. The van der Waals surface area contributed by atoms with E-state index in [-0.39, 0.29) is 19.1 Å². The minimum atomic E-state index is -1.64. The molecule has 0 spiro atoms. The Hall–Kier alpha value is -6.82. The number of ether oxygens (including phenoxy) is 6. The second-order valence-corrected chi connectivity index (χ2v) is 14.4. The second kappa shape index (κ2) is 20.9. The summed E-state index contributed by atoms with van der Waals surface area (Å²) in [5.41, 5.74) is 4.66. The van der Waals surface area contributed by atoms with Crippen molar-refractivity contribution >= 4 is 47.7 Å². The third-order valence-corrected chi connectivity index (χ3v) is 9.71. The second-order valence-electron chi connectivity index (χ2n) is 14.4. The summed E-state index contributed by atoms with van der Waals surface area (Å²) in [7, 11) is 0. The average molecular weight is 845 g/mol. The topological polar surface area (TPSA) is 240 Å². The number of hydrogen-bond acceptors (Lipinski definition) is 14. The van der Waals surface area contributed by atoms with Gasteiger partial charge in [-0.25, -0.2) is 9.59 Å². The molecule has 1 aliphatic heterocycles. The third-order valence-electron chi connectivity index (χ3n) is 9.71. The highest BCUT2D eigenvalue weighted by Gasteiger charge is 2.51. The summed E-state index contributed by atoms with van der Waals surface area (Å²) >= 11 is 0. The van der Waals surface area contributed by atoms with Crippen molar-refractivity contribution in [2.75, 3.05) is 13.2 Å². The molecule has 7 atom stereocenters. The fourth-order valence-corrected chi connectivity index (χ4v) is 7.06. The van der Waals surface area contributed by atoms with E-state index in [1.807, 2.05) is 48.5 Å². The summed E-state index contributed by atoms with van der Waals surface area (Å²) in [6, 6.07) is 19.9. The largest absolute Gasteiger partial charge is 0.463 e. The smallest absolute Gasteiger partial charge is 0.407 e. The normalized spacial score (nSPS) is 19.9. The molecule has 18 nitrogen and oxygen atoms in total. The van der Waals surface area contributed by atoms with Crippen molar-refractivity contribution in [3.05, 3.63) is 95.6 Å². The zero-order chi connectivity index (χ0) is 44.2. The van der Waals surface area contributed by atoms with Gasteiger partial charge in [-0.05, 0) is 34.7 Å². The summed E-state index contributed by atoms with van der Waals surface area (Å²) in [5.74, 6) is -6.10. The summed E-state index contributed by atoms with van der Waals surface area (Å²) in [5, 5.41) is 9.97. The number of fused-ring (bicyclic) bond motifs is 3. The molecule has 0 saturated carbocycles. The fraction of sp³-hybridized carbons (Fsp3) is 0.395. The molecule has 61 heavy (non-hydrogen) atoms. The Kier molecular flexibility index (Phi) is 15.5. The molecular weight excluding hydrogens is 796 g/mol. The van der Waals surface area contributed by atoms with Crippen molar-refractivity contribution in [2.45, 2.75) is 96.2 Å². The molecule has 3 aromatic rings. The van der Waals surface area contributed by atoms with E-state index in [9.17, 15) is 38.4 Å². The van der Waals surface area contributed by atoms with E-state index < -0.39 is 103 Å². The summed E-state index contributed by atoms with van der Waals surface area (Å²) < 4.78 is 33.0. The number of amides is 4. The van der Waals surface area contributed by atoms with E-state index in [1.54, 1.807) is 30.3 Å². The first-order chi connectivity index (χ1) is 29.1. The molecular formula is C43H48N4O14. The number of carbonyl (C=O) groups is 8. The number of alkyl carbamates (subject to hydrolysis) is 1. The van der Waals surface area contributed by atoms with Gasteiger partial charge < -0.3 is 49.7 Å². The van der Waals surface area contributed by atoms with Crippen LogP contribution in [0.5, 0.6) is 0 Å². The van der Waals surface area contributed by atoms with Crippen LogP contribution in [-0.4, -0.2) is 104 Å². The van der Waals surface area contributed by atoms with Gasteiger partial charge in [-0.3, -0.25) is 28.8 Å². The average Bonchev–Trinajstić information content (AvgIpc) is 3.53. The first kappa shape index (κ1) is 45.3. The summed E-state index contributed by atoms with van der Waals surface area (Å²) in [4.78, 5) is 102. The number of esters is 4. The Morgan fingerprint density at radius 1 is 0.656 bits per heavy atom. The first-order valence-electron chi connectivity index (χ1n) is 19.4. The van der Waals surface area contributed by atoms with Crippen molar-refractivity contribution in [3.8, 4) is 11.1 Å². The highest BCUT2D eigenvalue weighted by molar-refractivity contribution is 5.92. The molecule has 1 heterocycles. The maximum Gasteiger partial charge on any atom is 0.407 e. The maximum atomic E-state index is 13.8. The summed E-state index contributed by atoms with van der Waals surface area (Å²) in [6.07, 6.45) is -7.43. The third kappa shape index (κ3) is 12.4. The molecule has 18 heteroatoms. The van der Waals surface area contributed by atoms with Crippen LogP contribution < -0.4 is 21.3 Å². The van der Waals surface area contributed by atoms with Crippen LogP contribution in [0.2, 0.25) is 0 Å². The van der Waals surface area contributed by atoms with E-state index >= 15 is 0 Å². The van der Waals surface area contributed by atoms with Crippen LogP contribution in [0.3, 0.4) is 0 Å². The van der Waals surface area contributed by atoms with Crippen molar-refractivity contribution in [1.82, 2.24) is 21.3 Å². The lowest BCUT2D eigenvalue weighted by Gasteiger charge is -2.45. The monoisotopic (exact) mass is 844 g/mol. The van der Waals surface area contributed by atoms with Crippen LogP contribution in [-0.2, 0) is 68.6 Å². The van der Waals surface area contributed by atoms with Gasteiger partial charge in [0.1, 0.15) is 44.1 Å². The Bertz CT molecular complexity index is 2070. The van der Waals surface area contributed by atoms with Crippen LogP contribution in [0.1, 0.15) is 63.6 Å². The maximum absolute atomic E-state index is 13.8. The Balaban J connectivity index is 1.30. The van der Waals surface area contributed by atoms with E-state index in [2.05, 4.69) is 21.3 Å². The molecule has 4 amide bonds. The molecule has 4 N–H and O–H groups in total. The zero-order valence-corrected chi connectivity index (χ0v) is 34.2. The number of carbonyl (C=O) groups excluding carboxylic acids is 8. The van der Waals surface area contributed by atoms with Gasteiger partial charge in [-0.1, -0.05) is 78.9 Å². The van der Waals surface area contributed by atoms with E-state index in [1.165, 1.54) is 6.92 Å². The zero-order valence-electron chi connectivity index (χ0n) is 34.2. The fourth-order valence-electron chi connectivity index (χ4n) is 7.06. The predicted octanol–water partition coefficient (Wildman–Crippen LogP) is 2.30. The molecule has 1 aliphatic carbocycles. The van der Waals surface area contributed by atoms with Crippen molar-refractivity contribution < 1.29 is 66.8 Å². The lowest BCUT2D eigenvalue weighted by molar-refractivity contribution is -0.228. The SMILES string of the molecule is CC(=O)N[C@@H]1[C@@H](OC(C)=O)[C@H](OC(C)=O)[C@@H](COC(C)=O)O[C@H]1NC(=O)C[C@H](NC(=O)[C@H](C)NC(=O)OCC1c2ccccc2-c2ccccc21)C(=O)OCc1ccccc1. The van der Waals surface area contributed by atoms with Gasteiger partial charge in [0.05, 0.1) is 6.42 Å². The quantitative estimate of drug-likeness (QED) is 0.120. The standard InChI is InChI=1S/C43H48N4O14/c1-23(44-43(55)58-21-33-31-17-11-9-15-29(31)30-16-10-12-18-32(30)33)40(53)46-34(42(54)57-20-28-13-7-6-8-14-28)19-36(52)47-41-37(45-24(2)48)39(60-27(5)51)38(59-26(4)50)35(61-41)22-56-25(3)49/h6-18,23,33-35,37-39,41H,19-22H2,1-5H3,(H,44,55)(H,45,48)(H,46,53)(H,47,52)/t23-,34-,35+,37+,38+,39+,41+/m0/s1. The van der Waals surface area contributed by atoms with E-state index in [0.29, 0.717) is 5.56 Å². The van der Waals surface area contributed by atoms with Gasteiger partial charge in [-0.2, -0.15) is 0 Å².